The van der Waals surface area contributed by atoms with Crippen LogP contribution in [0.4, 0.5) is 0 Å². The first-order valence-corrected chi connectivity index (χ1v) is 6.73. The Morgan fingerprint density at radius 2 is 1.89 bits per heavy atom. The number of hydrogen-bond acceptors (Lipinski definition) is 2. The molecule has 0 amide bonds. The first-order chi connectivity index (χ1) is 9.16. The molecule has 0 heterocycles. The van der Waals surface area contributed by atoms with Gasteiger partial charge < -0.3 is 10.4 Å². The van der Waals surface area contributed by atoms with Crippen molar-refractivity contribution in [1.29, 1.82) is 0 Å². The van der Waals surface area contributed by atoms with Crippen LogP contribution in [0, 0.1) is 6.92 Å². The van der Waals surface area contributed by atoms with Gasteiger partial charge in [0, 0.05) is 6.04 Å². The fraction of sp³-hybridized carbons (Fsp3) is 0.294. The number of hydrogen-bond donors (Lipinski definition) is 2. The second-order valence-electron chi connectivity index (χ2n) is 4.95. The van der Waals surface area contributed by atoms with Gasteiger partial charge in [-0.2, -0.15) is 0 Å². The second kappa shape index (κ2) is 6.39. The highest BCUT2D eigenvalue weighted by atomic mass is 16.3. The van der Waals surface area contributed by atoms with Crippen LogP contribution in [-0.2, 0) is 6.42 Å². The van der Waals surface area contributed by atoms with Crippen molar-refractivity contribution in [1.82, 2.24) is 5.32 Å². The summed E-state index contributed by atoms with van der Waals surface area (Å²) < 4.78 is 0. The number of aromatic hydroxyl groups is 1. The van der Waals surface area contributed by atoms with Gasteiger partial charge in [-0.25, -0.2) is 0 Å². The lowest BCUT2D eigenvalue weighted by molar-refractivity contribution is 0.472. The van der Waals surface area contributed by atoms with Crippen molar-refractivity contribution >= 4 is 0 Å². The van der Waals surface area contributed by atoms with Crippen molar-refractivity contribution < 1.29 is 5.11 Å². The Balaban J connectivity index is 1.88. The summed E-state index contributed by atoms with van der Waals surface area (Å²) in [5, 5.41) is 13.0. The zero-order valence-corrected chi connectivity index (χ0v) is 11.6. The predicted molar refractivity (Wildman–Crippen MR) is 79.4 cm³/mol. The van der Waals surface area contributed by atoms with Gasteiger partial charge in [-0.05, 0) is 55.6 Å². The average Bonchev–Trinajstić information content (AvgIpc) is 2.41. The molecule has 0 saturated heterocycles. The summed E-state index contributed by atoms with van der Waals surface area (Å²) in [4.78, 5) is 0. The van der Waals surface area contributed by atoms with Gasteiger partial charge in [0.1, 0.15) is 5.75 Å². The van der Waals surface area contributed by atoms with Crippen LogP contribution >= 0.6 is 0 Å². The van der Waals surface area contributed by atoms with Gasteiger partial charge in [-0.3, -0.25) is 0 Å². The molecule has 2 rings (SSSR count). The third-order valence-electron chi connectivity index (χ3n) is 3.48. The van der Waals surface area contributed by atoms with E-state index in [2.05, 4.69) is 43.4 Å². The van der Waals surface area contributed by atoms with Gasteiger partial charge in [0.15, 0.2) is 0 Å². The molecular formula is C17H21NO. The maximum Gasteiger partial charge on any atom is 0.115 e. The Hall–Kier alpha value is -1.80. The van der Waals surface area contributed by atoms with Gasteiger partial charge in [0.2, 0.25) is 0 Å². The molecule has 0 saturated carbocycles. The lowest BCUT2D eigenvalue weighted by atomic mass is 10.0. The van der Waals surface area contributed by atoms with Crippen LogP contribution in [0.15, 0.2) is 48.5 Å². The molecule has 0 aliphatic carbocycles. The van der Waals surface area contributed by atoms with Gasteiger partial charge >= 0.3 is 0 Å². The van der Waals surface area contributed by atoms with Crippen molar-refractivity contribution in [3.05, 3.63) is 65.2 Å². The Kier molecular flexibility index (Phi) is 4.58. The lowest BCUT2D eigenvalue weighted by Crippen LogP contribution is -2.21. The normalized spacial score (nSPS) is 12.3. The quantitative estimate of drug-likeness (QED) is 0.855. The van der Waals surface area contributed by atoms with Crippen molar-refractivity contribution in [2.75, 3.05) is 6.54 Å². The van der Waals surface area contributed by atoms with E-state index in [1.165, 1.54) is 11.1 Å². The van der Waals surface area contributed by atoms with Crippen LogP contribution in [0.5, 0.6) is 5.75 Å². The van der Waals surface area contributed by atoms with Crippen molar-refractivity contribution in [2.24, 2.45) is 0 Å². The Morgan fingerprint density at radius 3 is 2.63 bits per heavy atom. The topological polar surface area (TPSA) is 32.3 Å². The van der Waals surface area contributed by atoms with Crippen LogP contribution in [-0.4, -0.2) is 11.7 Å². The first-order valence-electron chi connectivity index (χ1n) is 6.73. The summed E-state index contributed by atoms with van der Waals surface area (Å²) in [6.07, 6.45) is 1.02. The smallest absolute Gasteiger partial charge is 0.115 e. The molecule has 19 heavy (non-hydrogen) atoms. The van der Waals surface area contributed by atoms with E-state index < -0.39 is 0 Å². The highest BCUT2D eigenvalue weighted by Gasteiger charge is 2.05. The summed E-state index contributed by atoms with van der Waals surface area (Å²) in [6.45, 7) is 5.20. The Morgan fingerprint density at radius 1 is 1.11 bits per heavy atom. The van der Waals surface area contributed by atoms with E-state index in [1.54, 1.807) is 6.07 Å². The summed E-state index contributed by atoms with van der Waals surface area (Å²) in [5.74, 6) is 0.324. The first kappa shape index (κ1) is 13.6. The molecule has 0 aliphatic heterocycles. The standard InChI is InChI=1S/C17H21NO/c1-13-6-3-4-7-15(13)10-11-18-14(2)16-8-5-9-17(19)12-16/h3-9,12,14,18-19H,10-11H2,1-2H3. The maximum absolute atomic E-state index is 9.47. The number of rotatable bonds is 5. The summed E-state index contributed by atoms with van der Waals surface area (Å²) in [6, 6.07) is 16.1. The van der Waals surface area contributed by atoms with Crippen LogP contribution in [0.25, 0.3) is 0 Å². The Bertz CT molecular complexity index is 536. The molecule has 100 valence electrons. The van der Waals surface area contributed by atoms with Gasteiger partial charge in [-0.1, -0.05) is 36.4 Å². The van der Waals surface area contributed by atoms with E-state index in [9.17, 15) is 5.11 Å². The molecule has 1 atom stereocenters. The zero-order valence-electron chi connectivity index (χ0n) is 11.6. The summed E-state index contributed by atoms with van der Waals surface area (Å²) in [5.41, 5.74) is 3.84. The van der Waals surface area contributed by atoms with Crippen molar-refractivity contribution in [2.45, 2.75) is 26.3 Å². The monoisotopic (exact) mass is 255 g/mol. The van der Waals surface area contributed by atoms with Crippen LogP contribution in [0.1, 0.15) is 29.7 Å². The van der Waals surface area contributed by atoms with Crippen molar-refractivity contribution in [3.8, 4) is 5.75 Å². The minimum Gasteiger partial charge on any atom is -0.508 e. The SMILES string of the molecule is Cc1ccccc1CCNC(C)c1cccc(O)c1. The second-order valence-corrected chi connectivity index (χ2v) is 4.95. The summed E-state index contributed by atoms with van der Waals surface area (Å²) in [7, 11) is 0. The van der Waals surface area contributed by atoms with Gasteiger partial charge in [0.25, 0.3) is 0 Å². The molecule has 2 nitrogen and oxygen atoms in total. The van der Waals surface area contributed by atoms with E-state index >= 15 is 0 Å². The molecular weight excluding hydrogens is 234 g/mol. The number of phenols is 1. The molecule has 0 fully saturated rings. The molecule has 0 radical (unpaired) electrons. The fourth-order valence-corrected chi connectivity index (χ4v) is 2.23. The third kappa shape index (κ3) is 3.83. The zero-order chi connectivity index (χ0) is 13.7. The van der Waals surface area contributed by atoms with Gasteiger partial charge in [0.05, 0.1) is 0 Å². The van der Waals surface area contributed by atoms with E-state index in [-0.39, 0.29) is 6.04 Å². The molecule has 1 unspecified atom stereocenters. The maximum atomic E-state index is 9.47. The molecule has 2 aromatic carbocycles. The molecule has 0 aliphatic rings. The van der Waals surface area contributed by atoms with E-state index in [0.29, 0.717) is 5.75 Å². The van der Waals surface area contributed by atoms with Crippen molar-refractivity contribution in [3.63, 3.8) is 0 Å². The van der Waals surface area contributed by atoms with E-state index in [1.807, 2.05) is 18.2 Å². The van der Waals surface area contributed by atoms with Gasteiger partial charge in [-0.15, -0.1) is 0 Å². The van der Waals surface area contributed by atoms with Crippen LogP contribution < -0.4 is 5.32 Å². The van der Waals surface area contributed by atoms with Crippen LogP contribution in [0.2, 0.25) is 0 Å². The Labute approximate surface area is 115 Å². The minimum absolute atomic E-state index is 0.246. The number of phenolic OH excluding ortho intramolecular Hbond substituents is 1. The molecule has 0 bridgehead atoms. The lowest BCUT2D eigenvalue weighted by Gasteiger charge is -2.15. The summed E-state index contributed by atoms with van der Waals surface area (Å²) >= 11 is 0. The number of aryl methyl sites for hydroxylation is 1. The molecule has 2 heteroatoms. The number of benzene rings is 2. The minimum atomic E-state index is 0.246. The highest BCUT2D eigenvalue weighted by Crippen LogP contribution is 2.17. The van der Waals surface area contributed by atoms with E-state index in [0.717, 1.165) is 18.5 Å². The average molecular weight is 255 g/mol. The van der Waals surface area contributed by atoms with Crippen LogP contribution in [0.3, 0.4) is 0 Å². The van der Waals surface area contributed by atoms with E-state index in [4.69, 9.17) is 0 Å². The molecule has 0 spiro atoms. The predicted octanol–water partition coefficient (Wildman–Crippen LogP) is 3.59. The highest BCUT2D eigenvalue weighted by molar-refractivity contribution is 5.29. The molecule has 2 aromatic rings. The fourth-order valence-electron chi connectivity index (χ4n) is 2.23. The molecule has 2 N–H and O–H groups in total. The largest absolute Gasteiger partial charge is 0.508 e. The molecule has 0 aromatic heterocycles. The third-order valence-corrected chi connectivity index (χ3v) is 3.48. The number of nitrogens with one attached hydrogen (secondary N) is 1.